The van der Waals surface area contributed by atoms with Crippen molar-refractivity contribution in [3.05, 3.63) is 32.6 Å². The van der Waals surface area contributed by atoms with E-state index >= 15 is 0 Å². The number of hydrogen-bond donors (Lipinski definition) is 0. The average Bonchev–Trinajstić information content (AvgIpc) is 2.91. The summed E-state index contributed by atoms with van der Waals surface area (Å²) < 4.78 is 25.8. The van der Waals surface area contributed by atoms with Crippen molar-refractivity contribution in [2.45, 2.75) is 19.0 Å². The lowest BCUT2D eigenvalue weighted by Crippen LogP contribution is -2.51. The van der Waals surface area contributed by atoms with Crippen molar-refractivity contribution in [1.29, 1.82) is 0 Å². The van der Waals surface area contributed by atoms with Crippen LogP contribution in [0.1, 0.15) is 12.1 Å². The Morgan fingerprint density at radius 3 is 2.33 bits per heavy atom. The fourth-order valence-electron chi connectivity index (χ4n) is 3.51. The van der Waals surface area contributed by atoms with Gasteiger partial charge in [-0.05, 0) is 6.42 Å². The van der Waals surface area contributed by atoms with Gasteiger partial charge in [-0.2, -0.15) is 0 Å². The van der Waals surface area contributed by atoms with Crippen LogP contribution in [-0.2, 0) is 30.5 Å². The molecule has 0 aliphatic carbocycles. The van der Waals surface area contributed by atoms with E-state index < -0.39 is 9.84 Å². The van der Waals surface area contributed by atoms with Crippen molar-refractivity contribution in [2.75, 3.05) is 37.7 Å². The Balaban J connectivity index is 1.62. The Bertz CT molecular complexity index is 834. The van der Waals surface area contributed by atoms with Crippen molar-refractivity contribution in [1.82, 2.24) is 18.9 Å². The van der Waals surface area contributed by atoms with E-state index in [1.807, 2.05) is 0 Å². The number of nitrogens with zero attached hydrogens (tertiary/aromatic N) is 4. The van der Waals surface area contributed by atoms with Crippen molar-refractivity contribution < 1.29 is 8.42 Å². The highest BCUT2D eigenvalue weighted by Gasteiger charge is 2.33. The van der Waals surface area contributed by atoms with Crippen molar-refractivity contribution in [3.8, 4) is 0 Å². The Kier molecular flexibility index (Phi) is 4.67. The van der Waals surface area contributed by atoms with E-state index in [0.29, 0.717) is 18.0 Å². The maximum absolute atomic E-state index is 12.0. The van der Waals surface area contributed by atoms with Gasteiger partial charge in [0.05, 0.1) is 11.5 Å². The standard InChI is InChI=1S/C15H24N4O4S/c1-16-13(9-14(20)17(2)15(16)21)10-18-4-6-19(7-5-18)12-3-8-24(22,23)11-12/h9,12H,3-8,10-11H2,1-2H3. The largest absolute Gasteiger partial charge is 0.330 e. The number of piperazine rings is 1. The molecule has 0 spiro atoms. The smallest absolute Gasteiger partial charge is 0.299 e. The van der Waals surface area contributed by atoms with Gasteiger partial charge in [-0.1, -0.05) is 0 Å². The molecule has 2 saturated heterocycles. The predicted octanol–water partition coefficient (Wildman–Crippen LogP) is -1.61. The van der Waals surface area contributed by atoms with Crippen LogP contribution < -0.4 is 11.2 Å². The molecule has 1 unspecified atom stereocenters. The fourth-order valence-corrected chi connectivity index (χ4v) is 5.27. The quantitative estimate of drug-likeness (QED) is 0.648. The van der Waals surface area contributed by atoms with Crippen molar-refractivity contribution >= 4 is 9.84 Å². The number of aromatic nitrogens is 2. The molecule has 0 radical (unpaired) electrons. The summed E-state index contributed by atoms with van der Waals surface area (Å²) in [7, 11) is 0.296. The summed E-state index contributed by atoms with van der Waals surface area (Å²) in [5.74, 6) is 0.573. The topological polar surface area (TPSA) is 84.6 Å². The Hall–Kier alpha value is -1.45. The van der Waals surface area contributed by atoms with Crippen molar-refractivity contribution in [2.24, 2.45) is 14.1 Å². The van der Waals surface area contributed by atoms with Crippen LogP contribution in [0, 0.1) is 0 Å². The number of sulfone groups is 1. The third kappa shape index (κ3) is 3.47. The minimum atomic E-state index is -2.86. The van der Waals surface area contributed by atoms with Gasteiger partial charge in [-0.25, -0.2) is 13.2 Å². The zero-order valence-electron chi connectivity index (χ0n) is 14.1. The van der Waals surface area contributed by atoms with Gasteiger partial charge in [0.1, 0.15) is 0 Å². The first-order valence-electron chi connectivity index (χ1n) is 8.19. The molecule has 8 nitrogen and oxygen atoms in total. The molecule has 1 atom stereocenters. The maximum Gasteiger partial charge on any atom is 0.330 e. The van der Waals surface area contributed by atoms with Crippen LogP contribution in [-0.4, -0.2) is 71.1 Å². The first-order valence-corrected chi connectivity index (χ1v) is 10.0. The van der Waals surface area contributed by atoms with E-state index in [9.17, 15) is 18.0 Å². The van der Waals surface area contributed by atoms with Gasteiger partial charge in [-0.15, -0.1) is 0 Å². The van der Waals surface area contributed by atoms with Crippen LogP contribution in [0.15, 0.2) is 15.7 Å². The Morgan fingerprint density at radius 1 is 1.08 bits per heavy atom. The summed E-state index contributed by atoms with van der Waals surface area (Å²) in [6.45, 7) is 3.80. The number of hydrogen-bond acceptors (Lipinski definition) is 6. The molecule has 2 fully saturated rings. The average molecular weight is 356 g/mol. The molecule has 134 valence electrons. The minimum Gasteiger partial charge on any atom is -0.299 e. The molecule has 2 aliphatic heterocycles. The second kappa shape index (κ2) is 6.45. The highest BCUT2D eigenvalue weighted by molar-refractivity contribution is 7.91. The highest BCUT2D eigenvalue weighted by atomic mass is 32.2. The Morgan fingerprint density at radius 2 is 1.75 bits per heavy atom. The molecule has 1 aromatic heterocycles. The molecule has 1 aromatic rings. The van der Waals surface area contributed by atoms with E-state index in [-0.39, 0.29) is 23.0 Å². The van der Waals surface area contributed by atoms with Crippen LogP contribution in [0.5, 0.6) is 0 Å². The zero-order chi connectivity index (χ0) is 17.5. The van der Waals surface area contributed by atoms with Gasteiger partial charge >= 0.3 is 5.69 Å². The van der Waals surface area contributed by atoms with Crippen LogP contribution in [0.4, 0.5) is 0 Å². The van der Waals surface area contributed by atoms with Gasteiger partial charge in [0.25, 0.3) is 5.56 Å². The summed E-state index contributed by atoms with van der Waals surface area (Å²) in [6, 6.07) is 1.66. The third-order valence-corrected chi connectivity index (χ3v) is 6.89. The van der Waals surface area contributed by atoms with Gasteiger partial charge in [-0.3, -0.25) is 23.7 Å². The first-order chi connectivity index (χ1) is 11.3. The second-order valence-corrected chi connectivity index (χ2v) is 8.97. The van der Waals surface area contributed by atoms with E-state index in [1.165, 1.54) is 17.7 Å². The minimum absolute atomic E-state index is 0.144. The molecular weight excluding hydrogens is 332 g/mol. The Labute approximate surface area is 141 Å². The van der Waals surface area contributed by atoms with E-state index in [1.54, 1.807) is 7.05 Å². The molecule has 0 saturated carbocycles. The molecular formula is C15H24N4O4S. The van der Waals surface area contributed by atoms with Gasteiger partial charge in [0.15, 0.2) is 9.84 Å². The molecule has 0 aromatic carbocycles. The van der Waals surface area contributed by atoms with Gasteiger partial charge in [0.2, 0.25) is 0 Å². The van der Waals surface area contributed by atoms with Crippen molar-refractivity contribution in [3.63, 3.8) is 0 Å². The lowest BCUT2D eigenvalue weighted by Gasteiger charge is -2.37. The highest BCUT2D eigenvalue weighted by Crippen LogP contribution is 2.19. The third-order valence-electron chi connectivity index (χ3n) is 5.14. The van der Waals surface area contributed by atoms with Crippen LogP contribution >= 0.6 is 0 Å². The van der Waals surface area contributed by atoms with Crippen LogP contribution in [0.2, 0.25) is 0 Å². The summed E-state index contributed by atoms with van der Waals surface area (Å²) >= 11 is 0. The SMILES string of the molecule is Cn1c(CN2CCN(C3CCS(=O)(=O)C3)CC2)cc(=O)n(C)c1=O. The second-order valence-electron chi connectivity index (χ2n) is 6.74. The predicted molar refractivity (Wildman–Crippen MR) is 90.8 cm³/mol. The maximum atomic E-state index is 12.0. The summed E-state index contributed by atoms with van der Waals surface area (Å²) in [5, 5.41) is 0. The van der Waals surface area contributed by atoms with E-state index in [2.05, 4.69) is 9.80 Å². The first kappa shape index (κ1) is 17.4. The molecule has 0 bridgehead atoms. The zero-order valence-corrected chi connectivity index (χ0v) is 15.0. The van der Waals surface area contributed by atoms with Crippen LogP contribution in [0.25, 0.3) is 0 Å². The molecule has 9 heteroatoms. The fraction of sp³-hybridized carbons (Fsp3) is 0.733. The lowest BCUT2D eigenvalue weighted by atomic mass is 10.2. The molecule has 2 aliphatic rings. The normalized spacial score (nSPS) is 25.2. The van der Waals surface area contributed by atoms with Gasteiger partial charge in [0, 0.05) is 64.6 Å². The number of rotatable bonds is 3. The molecule has 3 heterocycles. The lowest BCUT2D eigenvalue weighted by molar-refractivity contribution is 0.0983. The molecule has 24 heavy (non-hydrogen) atoms. The monoisotopic (exact) mass is 356 g/mol. The molecule has 3 rings (SSSR count). The van der Waals surface area contributed by atoms with Gasteiger partial charge < -0.3 is 0 Å². The summed E-state index contributed by atoms with van der Waals surface area (Å²) in [5.41, 5.74) is 0.107. The summed E-state index contributed by atoms with van der Waals surface area (Å²) in [4.78, 5) is 28.2. The molecule has 0 amide bonds. The van der Waals surface area contributed by atoms with E-state index in [4.69, 9.17) is 0 Å². The molecule has 0 N–H and O–H groups in total. The summed E-state index contributed by atoms with van der Waals surface area (Å²) in [6.07, 6.45) is 0.728. The van der Waals surface area contributed by atoms with E-state index in [0.717, 1.165) is 37.2 Å². The van der Waals surface area contributed by atoms with Crippen LogP contribution in [0.3, 0.4) is 0 Å².